The van der Waals surface area contributed by atoms with Crippen molar-refractivity contribution in [1.82, 2.24) is 10.6 Å². The molecule has 0 aromatic heterocycles. The van der Waals surface area contributed by atoms with Gasteiger partial charge in [0.25, 0.3) is 0 Å². The smallest absolute Gasteiger partial charge is 0.462 e. The van der Waals surface area contributed by atoms with E-state index in [9.17, 15) is 28.3 Å². The predicted molar refractivity (Wildman–Crippen MR) is 250 cm³/mol. The minimum Gasteiger partial charge on any atom is -0.462 e. The zero-order valence-corrected chi connectivity index (χ0v) is 41.5. The molecule has 374 valence electrons. The van der Waals surface area contributed by atoms with E-state index in [1.165, 1.54) is 0 Å². The summed E-state index contributed by atoms with van der Waals surface area (Å²) >= 11 is 24.0. The number of phosphoric ester groups is 2. The van der Waals surface area contributed by atoms with Gasteiger partial charge in [0.05, 0.1) is 66.1 Å². The number of ether oxygens (including phenoxy) is 5. The number of halogens is 4. The fraction of sp³-hybridized carbons (Fsp3) is 0.364. The molecule has 0 radical (unpaired) electrons. The van der Waals surface area contributed by atoms with Crippen LogP contribution < -0.4 is 10.6 Å². The van der Waals surface area contributed by atoms with Crippen LogP contribution in [0.3, 0.4) is 0 Å². The molecule has 19 nitrogen and oxygen atoms in total. The maximum atomic E-state index is 14.0. The molecule has 4 aromatic carbocycles. The van der Waals surface area contributed by atoms with Crippen LogP contribution in [0.25, 0.3) is 0 Å². The summed E-state index contributed by atoms with van der Waals surface area (Å²) in [5, 5.41) is 6.70. The molecular weight excluding hydrogens is 1030 g/mol. The number of benzene rings is 4. The van der Waals surface area contributed by atoms with Crippen molar-refractivity contribution in [3.8, 4) is 0 Å². The first-order valence-electron chi connectivity index (χ1n) is 20.9. The van der Waals surface area contributed by atoms with Gasteiger partial charge in [-0.15, -0.1) is 0 Å². The van der Waals surface area contributed by atoms with Gasteiger partial charge in [-0.3, -0.25) is 36.7 Å². The summed E-state index contributed by atoms with van der Waals surface area (Å²) in [6.45, 7) is -5.12. The number of carbonyl (C=O) groups excluding carboxylic acids is 4. The molecule has 0 spiro atoms. The summed E-state index contributed by atoms with van der Waals surface area (Å²) in [6.07, 6.45) is 0. The maximum absolute atomic E-state index is 14.0. The Morgan fingerprint density at radius 1 is 0.420 bits per heavy atom. The lowest BCUT2D eigenvalue weighted by molar-refractivity contribution is -0.152. The Labute approximate surface area is 417 Å². The van der Waals surface area contributed by atoms with E-state index in [4.69, 9.17) is 97.2 Å². The van der Waals surface area contributed by atoms with Gasteiger partial charge in [-0.25, -0.2) is 18.7 Å². The van der Waals surface area contributed by atoms with Gasteiger partial charge >= 0.3 is 27.6 Å². The summed E-state index contributed by atoms with van der Waals surface area (Å²) in [5.41, 5.74) is 2.30. The van der Waals surface area contributed by atoms with Crippen LogP contribution in [-0.4, -0.2) is 102 Å². The molecule has 25 heteroatoms. The third kappa shape index (κ3) is 21.5. The lowest BCUT2D eigenvalue weighted by Gasteiger charge is -2.22. The van der Waals surface area contributed by atoms with E-state index in [0.29, 0.717) is 42.3 Å². The molecule has 1 fully saturated rings. The van der Waals surface area contributed by atoms with Gasteiger partial charge < -0.3 is 34.3 Å². The first kappa shape index (κ1) is 55.9. The largest absolute Gasteiger partial charge is 0.475 e. The monoisotopic (exact) mass is 1080 g/mol. The molecule has 1 aliphatic heterocycles. The minimum atomic E-state index is -4.46. The zero-order valence-electron chi connectivity index (χ0n) is 36.6. The Morgan fingerprint density at radius 2 is 0.696 bits per heavy atom. The van der Waals surface area contributed by atoms with Gasteiger partial charge in [-0.1, -0.05) is 94.9 Å². The Hall–Kier alpha value is -3.98. The SMILES string of the molecule is O=C1COCCOCC(=O)N[C@H](COP(=O)(OCc2ccc(Cl)cc2)OCc2ccc(Cl)cc2)C(=O)OCCOCCOC(=O)[C@H](COP(=O)(OCc2ccc(Cl)cc2)OCc2ccc(Cl)cc2)N1. The molecule has 0 bridgehead atoms. The highest BCUT2D eigenvalue weighted by atomic mass is 35.5. The van der Waals surface area contributed by atoms with E-state index in [1.54, 1.807) is 97.1 Å². The number of phosphoric acid groups is 2. The number of hydrogen-bond donors (Lipinski definition) is 2. The van der Waals surface area contributed by atoms with Crippen LogP contribution in [-0.2, 0) is 106 Å². The molecular formula is C44H48Cl4N2O17P2. The summed E-state index contributed by atoms with van der Waals surface area (Å²) in [5.74, 6) is -3.61. The molecule has 2 amide bonds. The fourth-order valence-corrected chi connectivity index (χ4v) is 8.30. The minimum absolute atomic E-state index is 0.205. The molecule has 1 heterocycles. The average Bonchev–Trinajstić information content (AvgIpc) is 3.34. The first-order valence-corrected chi connectivity index (χ1v) is 25.3. The number of esters is 2. The highest BCUT2D eigenvalue weighted by Gasteiger charge is 2.34. The highest BCUT2D eigenvalue weighted by molar-refractivity contribution is 7.48. The fourth-order valence-electron chi connectivity index (χ4n) is 5.45. The Morgan fingerprint density at radius 3 is 0.986 bits per heavy atom. The predicted octanol–water partition coefficient (Wildman–Crippen LogP) is 7.84. The van der Waals surface area contributed by atoms with Gasteiger partial charge in [0.15, 0.2) is 12.1 Å². The Kier molecular flexibility index (Phi) is 23.8. The second-order valence-corrected chi connectivity index (χ2v) is 19.5. The van der Waals surface area contributed by atoms with Crippen LogP contribution >= 0.6 is 62.0 Å². The second kappa shape index (κ2) is 29.4. The van der Waals surface area contributed by atoms with E-state index >= 15 is 0 Å². The van der Waals surface area contributed by atoms with E-state index in [1.807, 2.05) is 0 Å². The van der Waals surface area contributed by atoms with Crippen molar-refractivity contribution in [3.63, 3.8) is 0 Å². The molecule has 1 aliphatic rings. The van der Waals surface area contributed by atoms with Crippen LogP contribution in [0.1, 0.15) is 22.3 Å². The normalized spacial score (nSPS) is 17.7. The van der Waals surface area contributed by atoms with Crippen molar-refractivity contribution < 1.29 is 79.1 Å². The summed E-state index contributed by atoms with van der Waals surface area (Å²) < 4.78 is 88.4. The maximum Gasteiger partial charge on any atom is 0.475 e. The number of carbonyl (C=O) groups is 4. The van der Waals surface area contributed by atoms with E-state index < -0.39 is 77.9 Å². The lowest BCUT2D eigenvalue weighted by Crippen LogP contribution is -2.46. The topological polar surface area (TPSA) is 228 Å². The standard InChI is InChI=1S/C44H48Cl4N2O17P2/c45-35-9-1-31(2-10-35)23-62-68(55,63-24-32-3-11-36(46)12-4-32)66-27-39-43(53)60-21-19-57-20-22-61-44(54)40(50-42(52)30-59-18-17-58-29-41(51)49-39)28-67-69(56,64-25-33-5-13-37(47)14-6-33)65-26-34-7-15-38(48)16-8-34/h1-16,39-40H,17-30H2,(H,49,51)(H,50,52)/t39-,40+. The number of nitrogens with one attached hydrogen (secondary N) is 2. The number of amides is 2. The van der Waals surface area contributed by atoms with Crippen LogP contribution in [0.2, 0.25) is 20.1 Å². The van der Waals surface area contributed by atoms with E-state index in [0.717, 1.165) is 0 Å². The number of cyclic esters (lactones) is 2. The molecule has 4 aromatic rings. The van der Waals surface area contributed by atoms with Crippen molar-refractivity contribution >= 4 is 85.8 Å². The molecule has 1 saturated heterocycles. The number of rotatable bonds is 18. The number of hydrogen-bond acceptors (Lipinski definition) is 17. The quantitative estimate of drug-likeness (QED) is 0.0714. The van der Waals surface area contributed by atoms with Crippen molar-refractivity contribution in [2.24, 2.45) is 0 Å². The summed E-state index contributed by atoms with van der Waals surface area (Å²) in [7, 11) is -8.93. The molecule has 2 atom stereocenters. The van der Waals surface area contributed by atoms with Crippen LogP contribution in [0.15, 0.2) is 97.1 Å². The highest BCUT2D eigenvalue weighted by Crippen LogP contribution is 2.52. The molecule has 69 heavy (non-hydrogen) atoms. The van der Waals surface area contributed by atoms with Crippen molar-refractivity contribution in [2.75, 3.05) is 66.1 Å². The zero-order chi connectivity index (χ0) is 49.5. The molecule has 0 unspecified atom stereocenters. The summed E-state index contributed by atoms with van der Waals surface area (Å²) in [6, 6.07) is 22.9. The van der Waals surface area contributed by atoms with Crippen LogP contribution in [0.5, 0.6) is 0 Å². The lowest BCUT2D eigenvalue weighted by atomic mass is 10.2. The van der Waals surface area contributed by atoms with Crippen LogP contribution in [0, 0.1) is 0 Å². The average molecular weight is 1080 g/mol. The van der Waals surface area contributed by atoms with Crippen molar-refractivity contribution in [2.45, 2.75) is 38.5 Å². The van der Waals surface area contributed by atoms with Crippen molar-refractivity contribution in [1.29, 1.82) is 0 Å². The van der Waals surface area contributed by atoms with Gasteiger partial charge in [-0.2, -0.15) is 0 Å². The van der Waals surface area contributed by atoms with E-state index in [-0.39, 0.29) is 66.1 Å². The molecule has 0 saturated carbocycles. The van der Waals surface area contributed by atoms with Gasteiger partial charge in [0, 0.05) is 20.1 Å². The van der Waals surface area contributed by atoms with Crippen LogP contribution in [0.4, 0.5) is 0 Å². The van der Waals surface area contributed by atoms with E-state index in [2.05, 4.69) is 10.6 Å². The summed E-state index contributed by atoms with van der Waals surface area (Å²) in [4.78, 5) is 52.6. The van der Waals surface area contributed by atoms with Gasteiger partial charge in [0.2, 0.25) is 11.8 Å². The van der Waals surface area contributed by atoms with Gasteiger partial charge in [-0.05, 0) is 70.8 Å². The second-order valence-electron chi connectivity index (χ2n) is 14.4. The molecule has 5 rings (SSSR count). The molecule has 2 N–H and O–H groups in total. The van der Waals surface area contributed by atoms with Crippen molar-refractivity contribution in [3.05, 3.63) is 139 Å². The third-order valence-electron chi connectivity index (χ3n) is 9.03. The molecule has 0 aliphatic carbocycles. The Bertz CT molecular complexity index is 2080. The first-order chi connectivity index (χ1) is 33.2. The van der Waals surface area contributed by atoms with Gasteiger partial charge in [0.1, 0.15) is 26.4 Å². The Balaban J connectivity index is 1.19. The third-order valence-corrected chi connectivity index (χ3v) is 12.8.